The predicted octanol–water partition coefficient (Wildman–Crippen LogP) is 3.30. The van der Waals surface area contributed by atoms with Crippen LogP contribution in [0.2, 0.25) is 0 Å². The lowest BCUT2D eigenvalue weighted by atomic mass is 9.90. The van der Waals surface area contributed by atoms with Crippen LogP contribution < -0.4 is 5.32 Å². The third-order valence-electron chi connectivity index (χ3n) is 4.84. The highest BCUT2D eigenvalue weighted by molar-refractivity contribution is 7.12. The van der Waals surface area contributed by atoms with Crippen molar-refractivity contribution < 1.29 is 14.3 Å². The molecule has 23 heavy (non-hydrogen) atoms. The summed E-state index contributed by atoms with van der Waals surface area (Å²) < 4.78 is 11.6. The van der Waals surface area contributed by atoms with E-state index in [9.17, 15) is 4.79 Å². The number of carbonyl (C=O) groups excluding carboxylic acids is 1. The van der Waals surface area contributed by atoms with Gasteiger partial charge in [0.25, 0.3) is 0 Å². The second-order valence-corrected chi connectivity index (χ2v) is 7.94. The van der Waals surface area contributed by atoms with Gasteiger partial charge in [0, 0.05) is 28.8 Å². The molecule has 5 nitrogen and oxygen atoms in total. The van der Waals surface area contributed by atoms with Gasteiger partial charge in [-0.3, -0.25) is 0 Å². The van der Waals surface area contributed by atoms with Gasteiger partial charge in [0.2, 0.25) is 0 Å². The van der Waals surface area contributed by atoms with E-state index < -0.39 is 5.79 Å². The van der Waals surface area contributed by atoms with Crippen molar-refractivity contribution in [1.29, 1.82) is 0 Å². The molecular weight excluding hydrogens is 312 g/mol. The smallest absolute Gasteiger partial charge is 0.317 e. The fourth-order valence-electron chi connectivity index (χ4n) is 3.39. The van der Waals surface area contributed by atoms with Crippen molar-refractivity contribution in [3.05, 3.63) is 21.9 Å². The number of nitrogens with one attached hydrogen (secondary N) is 1. The van der Waals surface area contributed by atoms with Crippen LogP contribution in [0.25, 0.3) is 0 Å². The summed E-state index contributed by atoms with van der Waals surface area (Å²) in [4.78, 5) is 17.0. The van der Waals surface area contributed by atoms with Gasteiger partial charge in [-0.1, -0.05) is 0 Å². The molecule has 0 radical (unpaired) electrons. The Bertz CT molecular complexity index is 554. The second kappa shape index (κ2) is 6.79. The molecule has 3 heterocycles. The number of urea groups is 1. The van der Waals surface area contributed by atoms with E-state index in [1.807, 2.05) is 18.7 Å². The topological polar surface area (TPSA) is 50.8 Å². The molecule has 128 valence electrons. The first-order valence-electron chi connectivity index (χ1n) is 8.37. The summed E-state index contributed by atoms with van der Waals surface area (Å²) in [5.41, 5.74) is 0. The van der Waals surface area contributed by atoms with Gasteiger partial charge >= 0.3 is 6.03 Å². The number of amides is 2. The molecule has 2 amide bonds. The van der Waals surface area contributed by atoms with E-state index in [4.69, 9.17) is 9.47 Å². The number of aryl methyl sites for hydroxylation is 1. The number of ether oxygens (including phenoxy) is 2. The second-order valence-electron chi connectivity index (χ2n) is 6.62. The molecular formula is C17H26N2O3S. The normalized spacial score (nSPS) is 25.3. The summed E-state index contributed by atoms with van der Waals surface area (Å²) in [6.07, 6.45) is 2.03. The van der Waals surface area contributed by atoms with Gasteiger partial charge in [0.05, 0.1) is 19.3 Å². The number of piperidine rings is 1. The summed E-state index contributed by atoms with van der Waals surface area (Å²) in [6.45, 7) is 8.91. The Morgan fingerprint density at radius 3 is 2.83 bits per heavy atom. The quantitative estimate of drug-likeness (QED) is 0.920. The maximum absolute atomic E-state index is 12.6. The van der Waals surface area contributed by atoms with Crippen LogP contribution in [0.5, 0.6) is 0 Å². The van der Waals surface area contributed by atoms with E-state index in [0.29, 0.717) is 19.8 Å². The number of carbonyl (C=O) groups is 1. The lowest BCUT2D eigenvalue weighted by molar-refractivity contribution is -0.189. The predicted molar refractivity (Wildman–Crippen MR) is 90.6 cm³/mol. The molecule has 1 aromatic rings. The lowest BCUT2D eigenvalue weighted by Crippen LogP contribution is -2.51. The molecule has 2 aliphatic heterocycles. The fraction of sp³-hybridized carbons (Fsp3) is 0.706. The number of hydrogen-bond acceptors (Lipinski definition) is 4. The van der Waals surface area contributed by atoms with E-state index in [1.54, 1.807) is 11.3 Å². The Morgan fingerprint density at radius 1 is 1.43 bits per heavy atom. The van der Waals surface area contributed by atoms with Gasteiger partial charge < -0.3 is 19.7 Å². The van der Waals surface area contributed by atoms with E-state index >= 15 is 0 Å². The number of rotatable bonds is 3. The Labute approximate surface area is 142 Å². The highest BCUT2D eigenvalue weighted by Crippen LogP contribution is 2.34. The summed E-state index contributed by atoms with van der Waals surface area (Å²) in [5, 5.41) is 3.12. The standard InChI is InChI=1S/C17H26N2O3S/c1-12-6-7-15(23-12)13(2)18-16(20)19-8-4-5-14(11-19)17(3)21-9-10-22-17/h6-7,13-14H,4-5,8-11H2,1-3H3,(H,18,20)/t13-,14+/m0/s1. The third-order valence-corrected chi connectivity index (χ3v) is 6.02. The molecule has 2 fully saturated rings. The summed E-state index contributed by atoms with van der Waals surface area (Å²) in [7, 11) is 0. The third kappa shape index (κ3) is 3.70. The summed E-state index contributed by atoms with van der Waals surface area (Å²) in [5.74, 6) is -0.293. The zero-order chi connectivity index (χ0) is 16.4. The molecule has 0 unspecified atom stereocenters. The number of likely N-dealkylation sites (tertiary alicyclic amines) is 1. The highest BCUT2D eigenvalue weighted by Gasteiger charge is 2.42. The monoisotopic (exact) mass is 338 g/mol. The van der Waals surface area contributed by atoms with Crippen LogP contribution in [0.15, 0.2) is 12.1 Å². The minimum Gasteiger partial charge on any atom is -0.347 e. The van der Waals surface area contributed by atoms with Crippen molar-refractivity contribution in [3.63, 3.8) is 0 Å². The molecule has 3 rings (SSSR count). The molecule has 2 saturated heterocycles. The van der Waals surface area contributed by atoms with E-state index in [0.717, 1.165) is 19.4 Å². The van der Waals surface area contributed by atoms with Crippen molar-refractivity contribution in [3.8, 4) is 0 Å². The van der Waals surface area contributed by atoms with Gasteiger partial charge in [-0.25, -0.2) is 4.79 Å². The van der Waals surface area contributed by atoms with Crippen LogP contribution in [0.4, 0.5) is 4.79 Å². The fourth-order valence-corrected chi connectivity index (χ4v) is 4.27. The minimum atomic E-state index is -0.532. The number of hydrogen-bond donors (Lipinski definition) is 1. The SMILES string of the molecule is Cc1ccc([C@H](C)NC(=O)N2CCC[C@@H](C3(C)OCCO3)C2)s1. The largest absolute Gasteiger partial charge is 0.347 e. The van der Waals surface area contributed by atoms with Crippen LogP contribution in [0.1, 0.15) is 42.5 Å². The van der Waals surface area contributed by atoms with E-state index in [-0.39, 0.29) is 18.0 Å². The van der Waals surface area contributed by atoms with Gasteiger partial charge in [-0.05, 0) is 45.7 Å². The van der Waals surface area contributed by atoms with Gasteiger partial charge in [0.15, 0.2) is 5.79 Å². The number of thiophene rings is 1. The molecule has 6 heteroatoms. The van der Waals surface area contributed by atoms with Crippen molar-refractivity contribution in [1.82, 2.24) is 10.2 Å². The maximum Gasteiger partial charge on any atom is 0.317 e. The van der Waals surface area contributed by atoms with Crippen LogP contribution in [-0.2, 0) is 9.47 Å². The molecule has 0 spiro atoms. The lowest BCUT2D eigenvalue weighted by Gasteiger charge is -2.40. The first-order chi connectivity index (χ1) is 11.0. The first-order valence-corrected chi connectivity index (χ1v) is 9.19. The highest BCUT2D eigenvalue weighted by atomic mass is 32.1. The molecule has 0 bridgehead atoms. The molecule has 2 aliphatic rings. The summed E-state index contributed by atoms with van der Waals surface area (Å²) >= 11 is 1.73. The van der Waals surface area contributed by atoms with E-state index in [1.165, 1.54) is 9.75 Å². The van der Waals surface area contributed by atoms with Gasteiger partial charge in [-0.15, -0.1) is 11.3 Å². The molecule has 1 N–H and O–H groups in total. The summed E-state index contributed by atoms with van der Waals surface area (Å²) in [6, 6.07) is 4.23. The van der Waals surface area contributed by atoms with Gasteiger partial charge in [0.1, 0.15) is 0 Å². The average Bonchev–Trinajstić information content (AvgIpc) is 3.17. The van der Waals surface area contributed by atoms with Crippen LogP contribution in [-0.4, -0.2) is 43.0 Å². The Morgan fingerprint density at radius 2 is 2.17 bits per heavy atom. The maximum atomic E-state index is 12.6. The van der Waals surface area contributed by atoms with Crippen LogP contribution >= 0.6 is 11.3 Å². The van der Waals surface area contributed by atoms with Gasteiger partial charge in [-0.2, -0.15) is 0 Å². The Kier molecular flexibility index (Phi) is 4.94. The van der Waals surface area contributed by atoms with Crippen molar-refractivity contribution in [2.24, 2.45) is 5.92 Å². The zero-order valence-electron chi connectivity index (χ0n) is 14.1. The molecule has 0 aliphatic carbocycles. The first kappa shape index (κ1) is 16.7. The van der Waals surface area contributed by atoms with Crippen molar-refractivity contribution in [2.45, 2.75) is 45.4 Å². The van der Waals surface area contributed by atoms with Crippen LogP contribution in [0.3, 0.4) is 0 Å². The Balaban J connectivity index is 1.58. The number of nitrogens with zero attached hydrogens (tertiary/aromatic N) is 1. The van der Waals surface area contributed by atoms with Crippen molar-refractivity contribution >= 4 is 17.4 Å². The molecule has 2 atom stereocenters. The molecule has 0 saturated carbocycles. The minimum absolute atomic E-state index is 0.00912. The van der Waals surface area contributed by atoms with Crippen LogP contribution in [0, 0.1) is 12.8 Å². The Hall–Kier alpha value is -1.11. The van der Waals surface area contributed by atoms with Crippen molar-refractivity contribution in [2.75, 3.05) is 26.3 Å². The van der Waals surface area contributed by atoms with E-state index in [2.05, 4.69) is 24.4 Å². The average molecular weight is 338 g/mol. The molecule has 0 aromatic carbocycles. The zero-order valence-corrected chi connectivity index (χ0v) is 14.9. The molecule has 1 aromatic heterocycles.